The molecule has 13 heteroatoms. The molecule has 0 aliphatic carbocycles. The number of aromatic hydroxyl groups is 1. The van der Waals surface area contributed by atoms with Crippen LogP contribution in [0.5, 0.6) is 11.5 Å². The van der Waals surface area contributed by atoms with E-state index in [-0.39, 0.29) is 40.5 Å². The van der Waals surface area contributed by atoms with Crippen LogP contribution >= 0.6 is 11.3 Å². The second-order valence-corrected chi connectivity index (χ2v) is 9.82. The number of hydrogen-bond acceptors (Lipinski definition) is 8. The molecule has 0 bridgehead atoms. The predicted molar refractivity (Wildman–Crippen MR) is 137 cm³/mol. The van der Waals surface area contributed by atoms with Crippen LogP contribution in [0.2, 0.25) is 0 Å². The SMILES string of the molecule is CCN1C(=O)c2c(O)c(=O)c(-c3nnc(Cc4ccc(F)cc4F)s3)cn2N(C)C1c1ccc(F)c(OC)c1. The van der Waals surface area contributed by atoms with Gasteiger partial charge in [0, 0.05) is 37.8 Å². The van der Waals surface area contributed by atoms with Crippen LogP contribution in [0.25, 0.3) is 10.6 Å². The summed E-state index contributed by atoms with van der Waals surface area (Å²) in [5, 5.41) is 21.0. The van der Waals surface area contributed by atoms with Crippen LogP contribution in [-0.4, -0.2) is 51.5 Å². The lowest BCUT2D eigenvalue weighted by Crippen LogP contribution is -2.54. The molecule has 0 saturated heterocycles. The normalized spacial score (nSPS) is 15.0. The minimum absolute atomic E-state index is 0.00220. The first-order valence-corrected chi connectivity index (χ1v) is 12.6. The monoisotopic (exact) mass is 557 g/mol. The van der Waals surface area contributed by atoms with Gasteiger partial charge in [-0.3, -0.25) is 19.3 Å². The van der Waals surface area contributed by atoms with Gasteiger partial charge < -0.3 is 14.7 Å². The Morgan fingerprint density at radius 1 is 1.08 bits per heavy atom. The largest absolute Gasteiger partial charge is 0.502 e. The van der Waals surface area contributed by atoms with Crippen LogP contribution in [0, 0.1) is 17.5 Å². The third kappa shape index (κ3) is 4.48. The van der Waals surface area contributed by atoms with Crippen LogP contribution < -0.4 is 15.2 Å². The molecule has 0 radical (unpaired) electrons. The van der Waals surface area contributed by atoms with Crippen LogP contribution in [0.4, 0.5) is 13.2 Å². The summed E-state index contributed by atoms with van der Waals surface area (Å²) in [7, 11) is 2.98. The number of methoxy groups -OCH3 is 1. The summed E-state index contributed by atoms with van der Waals surface area (Å²) in [5.41, 5.74) is -0.352. The first-order valence-electron chi connectivity index (χ1n) is 11.8. The Labute approximate surface area is 224 Å². The van der Waals surface area contributed by atoms with Crippen molar-refractivity contribution in [3.05, 3.63) is 92.1 Å². The van der Waals surface area contributed by atoms with E-state index in [1.165, 1.54) is 47.1 Å². The molecule has 0 spiro atoms. The Kier molecular flexibility index (Phi) is 6.76. The van der Waals surface area contributed by atoms with Gasteiger partial charge in [0.15, 0.2) is 28.0 Å². The Morgan fingerprint density at radius 3 is 2.54 bits per heavy atom. The molecule has 2 aromatic carbocycles. The number of ether oxygens (including phenoxy) is 1. The van der Waals surface area contributed by atoms with Crippen molar-refractivity contribution in [1.82, 2.24) is 19.8 Å². The molecule has 202 valence electrons. The van der Waals surface area contributed by atoms with Gasteiger partial charge in [0.05, 0.1) is 12.7 Å². The van der Waals surface area contributed by atoms with Gasteiger partial charge in [-0.25, -0.2) is 13.2 Å². The third-order valence-electron chi connectivity index (χ3n) is 6.49. The minimum atomic E-state index is -0.823. The highest BCUT2D eigenvalue weighted by Gasteiger charge is 2.39. The Hall–Kier alpha value is -4.39. The van der Waals surface area contributed by atoms with E-state index >= 15 is 0 Å². The molecule has 1 amide bonds. The average Bonchev–Trinajstić information content (AvgIpc) is 3.37. The standard InChI is InChI=1S/C26H22F3N5O4S/c1-4-33-25(14-6-8-17(28)19(9-14)38-3)32(2)34-12-16(22(35)23(36)21(34)26(33)37)24-31-30-20(39-24)10-13-5-7-15(27)11-18(13)29/h5-9,11-12,25,36H,4,10H2,1-3H3. The second kappa shape index (κ2) is 10.1. The molecule has 1 N–H and O–H groups in total. The topological polar surface area (TPSA) is 101 Å². The number of carbonyl (C=O) groups is 1. The van der Waals surface area contributed by atoms with Crippen LogP contribution in [0.3, 0.4) is 0 Å². The van der Waals surface area contributed by atoms with E-state index in [0.29, 0.717) is 10.6 Å². The molecule has 0 fully saturated rings. The summed E-state index contributed by atoms with van der Waals surface area (Å²) >= 11 is 0.999. The number of benzene rings is 2. The van der Waals surface area contributed by atoms with Crippen LogP contribution in [0.15, 0.2) is 47.4 Å². The summed E-state index contributed by atoms with van der Waals surface area (Å²) in [5.74, 6) is -3.37. The Bertz CT molecular complexity index is 1660. The highest BCUT2D eigenvalue weighted by Crippen LogP contribution is 2.35. The van der Waals surface area contributed by atoms with Gasteiger partial charge >= 0.3 is 0 Å². The Morgan fingerprint density at radius 2 is 1.85 bits per heavy atom. The van der Waals surface area contributed by atoms with E-state index < -0.39 is 40.7 Å². The number of aromatic nitrogens is 3. The number of carbonyl (C=O) groups excluding carboxylic acids is 1. The number of halogens is 3. The molecule has 5 rings (SSSR count). The van der Waals surface area contributed by atoms with Crippen molar-refractivity contribution in [3.63, 3.8) is 0 Å². The van der Waals surface area contributed by atoms with Crippen molar-refractivity contribution in [2.24, 2.45) is 0 Å². The summed E-state index contributed by atoms with van der Waals surface area (Å²) < 4.78 is 47.9. The molecular formula is C26H22F3N5O4S. The van der Waals surface area contributed by atoms with E-state index in [0.717, 1.165) is 23.5 Å². The molecule has 1 aliphatic rings. The highest BCUT2D eigenvalue weighted by molar-refractivity contribution is 7.14. The van der Waals surface area contributed by atoms with Gasteiger partial charge in [0.25, 0.3) is 5.91 Å². The van der Waals surface area contributed by atoms with E-state index in [9.17, 15) is 27.9 Å². The maximum Gasteiger partial charge on any atom is 0.278 e. The van der Waals surface area contributed by atoms with E-state index in [4.69, 9.17) is 4.74 Å². The summed E-state index contributed by atoms with van der Waals surface area (Å²) in [6, 6.07) is 7.44. The lowest BCUT2D eigenvalue weighted by atomic mass is 10.1. The molecule has 1 unspecified atom stereocenters. The molecule has 4 aromatic rings. The summed E-state index contributed by atoms with van der Waals surface area (Å²) in [4.78, 5) is 28.0. The first kappa shape index (κ1) is 26.2. The fourth-order valence-corrected chi connectivity index (χ4v) is 5.44. The molecule has 0 saturated carbocycles. The Balaban J connectivity index is 1.57. The zero-order chi connectivity index (χ0) is 28.0. The van der Waals surface area contributed by atoms with Gasteiger partial charge in [0.1, 0.15) is 22.8 Å². The van der Waals surface area contributed by atoms with Gasteiger partial charge in [0.2, 0.25) is 5.43 Å². The lowest BCUT2D eigenvalue weighted by molar-refractivity contribution is 0.0589. The van der Waals surface area contributed by atoms with Gasteiger partial charge in [-0.15, -0.1) is 10.2 Å². The van der Waals surface area contributed by atoms with Crippen molar-refractivity contribution >= 4 is 17.2 Å². The van der Waals surface area contributed by atoms with E-state index in [2.05, 4.69) is 10.2 Å². The fraction of sp³-hybridized carbons (Fsp3) is 0.231. The van der Waals surface area contributed by atoms with Crippen molar-refractivity contribution in [2.75, 3.05) is 25.7 Å². The molecule has 39 heavy (non-hydrogen) atoms. The minimum Gasteiger partial charge on any atom is -0.502 e. The molecule has 2 aromatic heterocycles. The van der Waals surface area contributed by atoms with Crippen molar-refractivity contribution in [3.8, 4) is 22.1 Å². The van der Waals surface area contributed by atoms with Crippen molar-refractivity contribution < 1.29 is 27.8 Å². The van der Waals surface area contributed by atoms with Crippen LogP contribution in [-0.2, 0) is 6.42 Å². The smallest absolute Gasteiger partial charge is 0.278 e. The van der Waals surface area contributed by atoms with E-state index in [1.54, 1.807) is 19.0 Å². The molecule has 3 heterocycles. The number of nitrogens with zero attached hydrogens (tertiary/aromatic N) is 5. The van der Waals surface area contributed by atoms with Crippen molar-refractivity contribution in [1.29, 1.82) is 0 Å². The average molecular weight is 558 g/mol. The summed E-state index contributed by atoms with van der Waals surface area (Å²) in [6.45, 7) is 1.97. The predicted octanol–water partition coefficient (Wildman–Crippen LogP) is 3.83. The molecule has 1 aliphatic heterocycles. The number of fused-ring (bicyclic) bond motifs is 1. The number of hydrogen-bond donors (Lipinski definition) is 1. The molecule has 1 atom stereocenters. The van der Waals surface area contributed by atoms with Crippen LogP contribution in [0.1, 0.15) is 39.7 Å². The number of pyridine rings is 1. The molecular weight excluding hydrogens is 535 g/mol. The lowest BCUT2D eigenvalue weighted by Gasteiger charge is -2.44. The zero-order valence-corrected chi connectivity index (χ0v) is 21.8. The number of rotatable bonds is 6. The second-order valence-electron chi connectivity index (χ2n) is 8.76. The maximum atomic E-state index is 14.1. The highest BCUT2D eigenvalue weighted by atomic mass is 32.1. The van der Waals surface area contributed by atoms with Crippen molar-refractivity contribution in [2.45, 2.75) is 19.5 Å². The quantitative estimate of drug-likeness (QED) is 0.385. The molecule has 9 nitrogen and oxygen atoms in total. The fourth-order valence-electron chi connectivity index (χ4n) is 4.57. The number of amides is 1. The third-order valence-corrected chi connectivity index (χ3v) is 7.44. The zero-order valence-electron chi connectivity index (χ0n) is 21.0. The van der Waals surface area contributed by atoms with Gasteiger partial charge in [-0.2, -0.15) is 0 Å². The summed E-state index contributed by atoms with van der Waals surface area (Å²) in [6.07, 6.45) is 0.657. The van der Waals surface area contributed by atoms with E-state index in [1.807, 2.05) is 0 Å². The van der Waals surface area contributed by atoms with Gasteiger partial charge in [-0.05, 0) is 30.7 Å². The maximum absolute atomic E-state index is 14.1. The van der Waals surface area contributed by atoms with Gasteiger partial charge in [-0.1, -0.05) is 23.5 Å². The first-order chi connectivity index (χ1) is 18.6.